The molecule has 1 aromatic heterocycles. The molecule has 0 radical (unpaired) electrons. The minimum Gasteiger partial charge on any atom is -0.493 e. The maximum atomic E-state index is 12.1. The third-order valence-corrected chi connectivity index (χ3v) is 3.97. The van der Waals surface area contributed by atoms with E-state index in [0.29, 0.717) is 17.2 Å². The Labute approximate surface area is 124 Å². The van der Waals surface area contributed by atoms with Gasteiger partial charge in [-0.25, -0.2) is 9.78 Å². The molecule has 2 aromatic rings. The van der Waals surface area contributed by atoms with Crippen molar-refractivity contribution in [2.24, 2.45) is 0 Å². The molecule has 0 unspecified atom stereocenters. The zero-order valence-electron chi connectivity index (χ0n) is 11.0. The standard InChI is InChI=1S/C14H12N2O4S/c17-13(9-1-2-11-8(5-9)3-4-20-11)15-6-12-16-10(7-21-12)14(18)19/h1-2,5,7H,3-4,6H2,(H,15,17)(H,18,19). The monoisotopic (exact) mass is 304 g/mol. The molecule has 0 saturated heterocycles. The molecular formula is C14H12N2O4S. The number of carboxylic acids is 1. The molecule has 1 aliphatic heterocycles. The van der Waals surface area contributed by atoms with E-state index in [1.165, 1.54) is 16.7 Å². The molecule has 1 amide bonds. The Balaban J connectivity index is 1.64. The zero-order valence-corrected chi connectivity index (χ0v) is 11.8. The Kier molecular flexibility index (Phi) is 3.57. The molecule has 21 heavy (non-hydrogen) atoms. The smallest absolute Gasteiger partial charge is 0.355 e. The molecule has 0 atom stereocenters. The summed E-state index contributed by atoms with van der Waals surface area (Å²) in [6, 6.07) is 5.33. The maximum absolute atomic E-state index is 12.1. The van der Waals surface area contributed by atoms with Crippen LogP contribution in [0.25, 0.3) is 0 Å². The number of thiazole rings is 1. The Morgan fingerprint density at radius 2 is 2.29 bits per heavy atom. The van der Waals surface area contributed by atoms with Gasteiger partial charge in [0, 0.05) is 17.4 Å². The van der Waals surface area contributed by atoms with E-state index in [1.807, 2.05) is 6.07 Å². The summed E-state index contributed by atoms with van der Waals surface area (Å²) in [5.41, 5.74) is 1.60. The van der Waals surface area contributed by atoms with Crippen LogP contribution in [0.15, 0.2) is 23.6 Å². The van der Waals surface area contributed by atoms with Crippen LogP contribution in [0, 0.1) is 0 Å². The van der Waals surface area contributed by atoms with Crippen molar-refractivity contribution in [2.45, 2.75) is 13.0 Å². The number of carboxylic acid groups (broad SMARTS) is 1. The Morgan fingerprint density at radius 3 is 3.05 bits per heavy atom. The Bertz CT molecular complexity index is 711. The highest BCUT2D eigenvalue weighted by atomic mass is 32.1. The van der Waals surface area contributed by atoms with Gasteiger partial charge in [0.1, 0.15) is 10.8 Å². The van der Waals surface area contributed by atoms with Gasteiger partial charge in [0.05, 0.1) is 13.2 Å². The summed E-state index contributed by atoms with van der Waals surface area (Å²) in [6.45, 7) is 0.863. The van der Waals surface area contributed by atoms with E-state index in [1.54, 1.807) is 12.1 Å². The molecule has 6 nitrogen and oxygen atoms in total. The number of aromatic carboxylic acids is 1. The van der Waals surface area contributed by atoms with Gasteiger partial charge in [0.25, 0.3) is 5.91 Å². The third kappa shape index (κ3) is 2.87. The van der Waals surface area contributed by atoms with Gasteiger partial charge in [-0.15, -0.1) is 11.3 Å². The summed E-state index contributed by atoms with van der Waals surface area (Å²) in [4.78, 5) is 26.7. The highest BCUT2D eigenvalue weighted by molar-refractivity contribution is 7.09. The van der Waals surface area contributed by atoms with Crippen molar-refractivity contribution >= 4 is 23.2 Å². The van der Waals surface area contributed by atoms with E-state index in [-0.39, 0.29) is 18.1 Å². The van der Waals surface area contributed by atoms with Gasteiger partial charge in [-0.2, -0.15) is 0 Å². The van der Waals surface area contributed by atoms with Crippen molar-refractivity contribution in [3.05, 3.63) is 45.4 Å². The largest absolute Gasteiger partial charge is 0.493 e. The normalized spacial score (nSPS) is 12.6. The van der Waals surface area contributed by atoms with E-state index in [0.717, 1.165) is 17.7 Å². The second-order valence-corrected chi connectivity index (χ2v) is 5.48. The molecule has 0 spiro atoms. The topological polar surface area (TPSA) is 88.5 Å². The first-order chi connectivity index (χ1) is 10.1. The number of nitrogens with one attached hydrogen (secondary N) is 1. The highest BCUT2D eigenvalue weighted by Gasteiger charge is 2.15. The number of aromatic nitrogens is 1. The van der Waals surface area contributed by atoms with Crippen molar-refractivity contribution in [1.82, 2.24) is 10.3 Å². The zero-order chi connectivity index (χ0) is 14.8. The van der Waals surface area contributed by atoms with Crippen LogP contribution < -0.4 is 10.1 Å². The van der Waals surface area contributed by atoms with Crippen molar-refractivity contribution < 1.29 is 19.4 Å². The van der Waals surface area contributed by atoms with Crippen LogP contribution in [0.3, 0.4) is 0 Å². The number of carbonyl (C=O) groups excluding carboxylic acids is 1. The average molecular weight is 304 g/mol. The molecule has 2 heterocycles. The number of ether oxygens (including phenoxy) is 1. The first kappa shape index (κ1) is 13.6. The van der Waals surface area contributed by atoms with Crippen molar-refractivity contribution in [3.63, 3.8) is 0 Å². The predicted octanol–water partition coefficient (Wildman–Crippen LogP) is 1.71. The molecule has 7 heteroatoms. The summed E-state index contributed by atoms with van der Waals surface area (Å²) >= 11 is 1.21. The van der Waals surface area contributed by atoms with E-state index in [9.17, 15) is 9.59 Å². The number of rotatable bonds is 4. The van der Waals surface area contributed by atoms with Crippen LogP contribution in [0.1, 0.15) is 31.4 Å². The number of benzene rings is 1. The minimum atomic E-state index is -1.07. The molecular weight excluding hydrogens is 292 g/mol. The Morgan fingerprint density at radius 1 is 1.43 bits per heavy atom. The summed E-state index contributed by atoms with van der Waals surface area (Å²) in [5, 5.41) is 13.5. The first-order valence-electron chi connectivity index (χ1n) is 6.35. The van der Waals surface area contributed by atoms with Gasteiger partial charge >= 0.3 is 5.97 Å². The first-order valence-corrected chi connectivity index (χ1v) is 7.23. The number of carbonyl (C=O) groups is 2. The summed E-state index contributed by atoms with van der Waals surface area (Å²) < 4.78 is 5.39. The molecule has 0 bridgehead atoms. The molecule has 3 rings (SSSR count). The summed E-state index contributed by atoms with van der Waals surface area (Å²) in [5.74, 6) is -0.447. The van der Waals surface area contributed by atoms with Crippen molar-refractivity contribution in [1.29, 1.82) is 0 Å². The van der Waals surface area contributed by atoms with Crippen LogP contribution in [-0.4, -0.2) is 28.6 Å². The predicted molar refractivity (Wildman–Crippen MR) is 75.9 cm³/mol. The number of hydrogen-bond acceptors (Lipinski definition) is 5. The fraction of sp³-hybridized carbons (Fsp3) is 0.214. The molecule has 0 saturated carbocycles. The van der Waals surface area contributed by atoms with Crippen LogP contribution in [0.2, 0.25) is 0 Å². The van der Waals surface area contributed by atoms with E-state index >= 15 is 0 Å². The van der Waals surface area contributed by atoms with Crippen LogP contribution in [-0.2, 0) is 13.0 Å². The molecule has 2 N–H and O–H groups in total. The van der Waals surface area contributed by atoms with Crippen LogP contribution in [0.5, 0.6) is 5.75 Å². The number of hydrogen-bond donors (Lipinski definition) is 2. The Hall–Kier alpha value is -2.41. The number of nitrogens with zero attached hydrogens (tertiary/aromatic N) is 1. The summed E-state index contributed by atoms with van der Waals surface area (Å²) in [6.07, 6.45) is 0.810. The maximum Gasteiger partial charge on any atom is 0.355 e. The second-order valence-electron chi connectivity index (χ2n) is 4.54. The van der Waals surface area contributed by atoms with Gasteiger partial charge in [-0.05, 0) is 23.8 Å². The average Bonchev–Trinajstić information content (AvgIpc) is 3.12. The van der Waals surface area contributed by atoms with Gasteiger partial charge in [-0.3, -0.25) is 4.79 Å². The molecule has 0 aliphatic carbocycles. The molecule has 0 fully saturated rings. The van der Waals surface area contributed by atoms with E-state index in [2.05, 4.69) is 10.3 Å². The quantitative estimate of drug-likeness (QED) is 0.897. The third-order valence-electron chi connectivity index (χ3n) is 3.12. The molecule has 1 aliphatic rings. The highest BCUT2D eigenvalue weighted by Crippen LogP contribution is 2.25. The fourth-order valence-corrected chi connectivity index (χ4v) is 2.78. The van der Waals surface area contributed by atoms with E-state index in [4.69, 9.17) is 9.84 Å². The van der Waals surface area contributed by atoms with Gasteiger partial charge in [0.2, 0.25) is 0 Å². The lowest BCUT2D eigenvalue weighted by Gasteiger charge is -2.05. The van der Waals surface area contributed by atoms with Gasteiger partial charge in [0.15, 0.2) is 5.69 Å². The van der Waals surface area contributed by atoms with Crippen molar-refractivity contribution in [2.75, 3.05) is 6.61 Å². The second kappa shape index (κ2) is 5.53. The van der Waals surface area contributed by atoms with Crippen molar-refractivity contribution in [3.8, 4) is 5.75 Å². The SMILES string of the molecule is O=C(NCc1nc(C(=O)O)cs1)c1ccc2c(c1)CCO2. The fourth-order valence-electron chi connectivity index (χ4n) is 2.08. The number of amides is 1. The lowest BCUT2D eigenvalue weighted by atomic mass is 10.1. The van der Waals surface area contributed by atoms with Gasteiger partial charge in [-0.1, -0.05) is 0 Å². The van der Waals surface area contributed by atoms with Gasteiger partial charge < -0.3 is 15.2 Å². The van der Waals surface area contributed by atoms with Crippen LogP contribution >= 0.6 is 11.3 Å². The lowest BCUT2D eigenvalue weighted by Crippen LogP contribution is -2.22. The molecule has 1 aromatic carbocycles. The number of fused-ring (bicyclic) bond motifs is 1. The van der Waals surface area contributed by atoms with Crippen LogP contribution in [0.4, 0.5) is 0 Å². The van der Waals surface area contributed by atoms with E-state index < -0.39 is 5.97 Å². The molecule has 108 valence electrons. The minimum absolute atomic E-state index is 0.000992. The summed E-state index contributed by atoms with van der Waals surface area (Å²) in [7, 11) is 0. The lowest BCUT2D eigenvalue weighted by molar-refractivity contribution is 0.0691.